The molecule has 0 spiro atoms. The van der Waals surface area contributed by atoms with Gasteiger partial charge in [-0.1, -0.05) is 11.3 Å². The Morgan fingerprint density at radius 3 is 2.32 bits per heavy atom. The molecular formula is C17H15F6N3O6S2. The Labute approximate surface area is 192 Å². The van der Waals surface area contributed by atoms with Gasteiger partial charge in [-0.25, -0.2) is 4.79 Å². The average Bonchev–Trinajstić information content (AvgIpc) is 3.23. The van der Waals surface area contributed by atoms with Crippen LogP contribution in [0.15, 0.2) is 18.2 Å². The molecule has 1 aliphatic heterocycles. The number of alkyl halides is 6. The summed E-state index contributed by atoms with van der Waals surface area (Å²) in [6, 6.07) is 1.64. The monoisotopic (exact) mass is 535 g/mol. The van der Waals surface area contributed by atoms with E-state index in [1.54, 1.807) is 0 Å². The van der Waals surface area contributed by atoms with Crippen molar-refractivity contribution < 1.29 is 53.6 Å². The molecule has 0 radical (unpaired) electrons. The molecule has 1 unspecified atom stereocenters. The number of rotatable bonds is 4. The minimum absolute atomic E-state index is 0.0870. The molecule has 9 nitrogen and oxygen atoms in total. The number of hydrogen-bond acceptors (Lipinski definition) is 8. The molecular weight excluding hydrogens is 520 g/mol. The predicted octanol–water partition coefficient (Wildman–Crippen LogP) is 4.41. The lowest BCUT2D eigenvalue weighted by molar-refractivity contribution is -0.138. The number of hydrogen-bond donors (Lipinski definition) is 1. The lowest BCUT2D eigenvalue weighted by atomic mass is 10.0. The zero-order valence-electron chi connectivity index (χ0n) is 17.4. The zero-order chi connectivity index (χ0) is 25.9. The summed E-state index contributed by atoms with van der Waals surface area (Å²) in [6.45, 7) is 4.35. The standard InChI is InChI=1S/C17H15F6N3O6S2/c1-14(2)26(13(27)28)15(3,7-31-14)12-25-24-11(33-12)8-4-5-10(9(6-8)16(18,19)20)32-34(29,30)17(21,22)23/h4-6H,7H2,1-3H3,(H,27,28). The van der Waals surface area contributed by atoms with Gasteiger partial charge in [0.05, 0.1) is 12.2 Å². The van der Waals surface area contributed by atoms with E-state index in [2.05, 4.69) is 14.4 Å². The average molecular weight is 535 g/mol. The van der Waals surface area contributed by atoms with E-state index in [1.165, 1.54) is 20.8 Å². The molecule has 1 aromatic carbocycles. The quantitative estimate of drug-likeness (QED) is 0.347. The number of nitrogens with zero attached hydrogens (tertiary/aromatic N) is 3. The molecule has 0 saturated carbocycles. The zero-order valence-corrected chi connectivity index (χ0v) is 19.0. The molecule has 2 aromatic rings. The topological polar surface area (TPSA) is 119 Å². The SMILES string of the molecule is CC1(C)OCC(C)(c2nnc(-c3ccc(OS(=O)(=O)C(F)(F)F)c(C(F)(F)F)c3)s2)N1C(=O)O. The molecule has 188 valence electrons. The number of amides is 1. The van der Waals surface area contributed by atoms with E-state index in [0.717, 1.165) is 22.3 Å². The fraction of sp³-hybridized carbons (Fsp3) is 0.471. The Morgan fingerprint density at radius 1 is 1.18 bits per heavy atom. The van der Waals surface area contributed by atoms with Crippen LogP contribution in [0.25, 0.3) is 10.6 Å². The van der Waals surface area contributed by atoms with E-state index < -0.39 is 50.5 Å². The third-order valence-corrected chi connectivity index (χ3v) is 7.02. The fourth-order valence-corrected chi connectivity index (χ4v) is 4.76. The highest BCUT2D eigenvalue weighted by Gasteiger charge is 2.55. The first-order valence-corrected chi connectivity index (χ1v) is 11.3. The molecule has 1 N–H and O–H groups in total. The van der Waals surface area contributed by atoms with E-state index in [1.807, 2.05) is 0 Å². The molecule has 0 aliphatic carbocycles. The minimum Gasteiger partial charge on any atom is -0.465 e. The van der Waals surface area contributed by atoms with Gasteiger partial charge < -0.3 is 14.0 Å². The summed E-state index contributed by atoms with van der Waals surface area (Å²) in [5.41, 5.74) is -10.6. The lowest BCUT2D eigenvalue weighted by Crippen LogP contribution is -2.51. The summed E-state index contributed by atoms with van der Waals surface area (Å²) in [6.07, 6.45) is -6.62. The van der Waals surface area contributed by atoms with Crippen molar-refractivity contribution in [2.45, 2.75) is 43.7 Å². The maximum Gasteiger partial charge on any atom is 0.534 e. The van der Waals surface area contributed by atoms with Crippen LogP contribution in [0.5, 0.6) is 5.75 Å². The highest BCUT2D eigenvalue weighted by molar-refractivity contribution is 7.88. The van der Waals surface area contributed by atoms with Crippen molar-refractivity contribution in [3.63, 3.8) is 0 Å². The van der Waals surface area contributed by atoms with Gasteiger partial charge in [0, 0.05) is 5.56 Å². The fourth-order valence-electron chi connectivity index (χ4n) is 3.32. The molecule has 3 rings (SSSR count). The van der Waals surface area contributed by atoms with E-state index in [-0.39, 0.29) is 22.2 Å². The summed E-state index contributed by atoms with van der Waals surface area (Å²) in [5, 5.41) is 17.2. The number of carbonyl (C=O) groups is 1. The first kappa shape index (κ1) is 26.0. The van der Waals surface area contributed by atoms with Gasteiger partial charge in [-0.2, -0.15) is 34.8 Å². The largest absolute Gasteiger partial charge is 0.534 e. The van der Waals surface area contributed by atoms with Crippen LogP contribution in [0.1, 0.15) is 31.3 Å². The molecule has 1 amide bonds. The van der Waals surface area contributed by atoms with E-state index >= 15 is 0 Å². The van der Waals surface area contributed by atoms with Gasteiger partial charge in [0.25, 0.3) is 0 Å². The van der Waals surface area contributed by atoms with Crippen molar-refractivity contribution in [1.29, 1.82) is 0 Å². The Balaban J connectivity index is 2.04. The van der Waals surface area contributed by atoms with Gasteiger partial charge in [-0.3, -0.25) is 4.90 Å². The van der Waals surface area contributed by atoms with Gasteiger partial charge >= 0.3 is 27.9 Å². The molecule has 17 heteroatoms. The molecule has 1 fully saturated rings. The first-order chi connectivity index (χ1) is 15.3. The molecule has 1 aromatic heterocycles. The number of ether oxygens (including phenoxy) is 1. The summed E-state index contributed by atoms with van der Waals surface area (Å²) in [5.74, 6) is -1.58. The number of aromatic nitrogens is 2. The Kier molecular flexibility index (Phi) is 6.06. The van der Waals surface area contributed by atoms with Crippen LogP contribution in [-0.2, 0) is 26.6 Å². The molecule has 0 bridgehead atoms. The van der Waals surface area contributed by atoms with Crippen molar-refractivity contribution in [1.82, 2.24) is 15.1 Å². The maximum atomic E-state index is 13.5. The van der Waals surface area contributed by atoms with E-state index in [4.69, 9.17) is 4.74 Å². The van der Waals surface area contributed by atoms with Crippen LogP contribution in [0, 0.1) is 0 Å². The van der Waals surface area contributed by atoms with Crippen molar-refractivity contribution in [2.75, 3.05) is 6.61 Å². The number of halogens is 6. The Hall–Kier alpha value is -2.66. The van der Waals surface area contributed by atoms with Crippen LogP contribution < -0.4 is 4.18 Å². The molecule has 1 saturated heterocycles. The highest BCUT2D eigenvalue weighted by Crippen LogP contribution is 2.45. The van der Waals surface area contributed by atoms with Crippen LogP contribution >= 0.6 is 11.3 Å². The van der Waals surface area contributed by atoms with E-state index in [9.17, 15) is 44.7 Å². The van der Waals surface area contributed by atoms with E-state index in [0.29, 0.717) is 12.1 Å². The number of carboxylic acid groups (broad SMARTS) is 1. The lowest BCUT2D eigenvalue weighted by Gasteiger charge is -2.35. The molecule has 1 atom stereocenters. The summed E-state index contributed by atoms with van der Waals surface area (Å²) >= 11 is 0.733. The Morgan fingerprint density at radius 2 is 1.79 bits per heavy atom. The summed E-state index contributed by atoms with van der Waals surface area (Å²) in [4.78, 5) is 12.8. The predicted molar refractivity (Wildman–Crippen MR) is 103 cm³/mol. The smallest absolute Gasteiger partial charge is 0.465 e. The van der Waals surface area contributed by atoms with Crippen molar-refractivity contribution in [2.24, 2.45) is 0 Å². The second kappa shape index (κ2) is 7.94. The molecule has 2 heterocycles. The third-order valence-electron chi connectivity index (χ3n) is 4.83. The normalized spacial score (nSPS) is 21.0. The summed E-state index contributed by atoms with van der Waals surface area (Å²) in [7, 11) is -6.35. The van der Waals surface area contributed by atoms with Gasteiger partial charge in [0.2, 0.25) is 0 Å². The maximum absolute atomic E-state index is 13.5. The minimum atomic E-state index is -6.35. The van der Waals surface area contributed by atoms with Gasteiger partial charge in [0.1, 0.15) is 21.3 Å². The third kappa shape index (κ3) is 4.50. The number of benzene rings is 1. The second-order valence-electron chi connectivity index (χ2n) is 7.73. The first-order valence-electron chi connectivity index (χ1n) is 9.03. The van der Waals surface area contributed by atoms with Crippen LogP contribution in [-0.4, -0.2) is 52.6 Å². The van der Waals surface area contributed by atoms with Crippen LogP contribution in [0.4, 0.5) is 31.1 Å². The highest BCUT2D eigenvalue weighted by atomic mass is 32.2. The van der Waals surface area contributed by atoms with Crippen molar-refractivity contribution in [3.05, 3.63) is 28.8 Å². The van der Waals surface area contributed by atoms with Gasteiger partial charge in [0.15, 0.2) is 5.75 Å². The van der Waals surface area contributed by atoms with Crippen LogP contribution in [0.2, 0.25) is 0 Å². The Bertz CT molecular complexity index is 1230. The molecule has 34 heavy (non-hydrogen) atoms. The van der Waals surface area contributed by atoms with Crippen molar-refractivity contribution in [3.8, 4) is 16.3 Å². The molecule has 1 aliphatic rings. The van der Waals surface area contributed by atoms with Gasteiger partial charge in [-0.15, -0.1) is 10.2 Å². The van der Waals surface area contributed by atoms with Crippen LogP contribution in [0.3, 0.4) is 0 Å². The second-order valence-corrected chi connectivity index (χ2v) is 10.2. The summed E-state index contributed by atoms with van der Waals surface area (Å²) < 4.78 is 110. The van der Waals surface area contributed by atoms with Gasteiger partial charge in [-0.05, 0) is 39.0 Å². The van der Waals surface area contributed by atoms with Crippen molar-refractivity contribution >= 4 is 27.5 Å².